The molecule has 33 heavy (non-hydrogen) atoms. The van der Waals surface area contributed by atoms with Crippen LogP contribution in [0.25, 0.3) is 0 Å². The number of rotatable bonds is 4. The zero-order chi connectivity index (χ0) is 24.4. The first-order valence-corrected chi connectivity index (χ1v) is 9.66. The summed E-state index contributed by atoms with van der Waals surface area (Å²) in [5.74, 6) is -3.75. The normalized spacial score (nSPS) is 14.8. The van der Waals surface area contributed by atoms with Gasteiger partial charge < -0.3 is 28.8 Å². The SMILES string of the molecule is COC(=O)c1ccc(F)c(F)c1.COC(=O)c1ccc(OC2COC2)c(F)c1.OC1COC1. The van der Waals surface area contributed by atoms with Gasteiger partial charge in [0.2, 0.25) is 0 Å². The summed E-state index contributed by atoms with van der Waals surface area (Å²) in [4.78, 5) is 21.9. The van der Waals surface area contributed by atoms with Gasteiger partial charge in [-0.2, -0.15) is 0 Å². The minimum Gasteiger partial charge on any atom is -0.483 e. The number of aliphatic hydroxyl groups excluding tert-OH is 1. The maximum Gasteiger partial charge on any atom is 0.337 e. The topological polar surface area (TPSA) is 101 Å². The number of halogens is 3. The Balaban J connectivity index is 0.000000198. The highest BCUT2D eigenvalue weighted by molar-refractivity contribution is 5.89. The van der Waals surface area contributed by atoms with E-state index in [1.807, 2.05) is 0 Å². The van der Waals surface area contributed by atoms with E-state index >= 15 is 0 Å². The highest BCUT2D eigenvalue weighted by Gasteiger charge is 2.22. The summed E-state index contributed by atoms with van der Waals surface area (Å²) in [5, 5.41) is 8.32. The summed E-state index contributed by atoms with van der Waals surface area (Å²) in [6.07, 6.45) is -0.256. The van der Waals surface area contributed by atoms with Crippen LogP contribution < -0.4 is 4.74 Å². The third kappa shape index (κ3) is 8.04. The molecular weight excluding hydrogens is 449 g/mol. The fourth-order valence-electron chi connectivity index (χ4n) is 2.27. The minimum absolute atomic E-state index is 0.00333. The van der Waals surface area contributed by atoms with E-state index in [1.165, 1.54) is 26.4 Å². The summed E-state index contributed by atoms with van der Waals surface area (Å²) < 4.78 is 61.9. The number of esters is 2. The van der Waals surface area contributed by atoms with Crippen LogP contribution in [-0.4, -0.2) is 69.9 Å². The Bertz CT molecular complexity index is 945. The van der Waals surface area contributed by atoms with E-state index in [1.54, 1.807) is 0 Å². The van der Waals surface area contributed by atoms with Gasteiger partial charge in [0.1, 0.15) is 12.2 Å². The number of hydrogen-bond donors (Lipinski definition) is 1. The predicted octanol–water partition coefficient (Wildman–Crippen LogP) is 2.52. The third-order valence-corrected chi connectivity index (χ3v) is 4.22. The quantitative estimate of drug-likeness (QED) is 0.678. The maximum absolute atomic E-state index is 13.5. The van der Waals surface area contributed by atoms with Crippen molar-refractivity contribution in [3.8, 4) is 5.75 Å². The van der Waals surface area contributed by atoms with E-state index in [9.17, 15) is 22.8 Å². The highest BCUT2D eigenvalue weighted by Crippen LogP contribution is 2.21. The Kier molecular flexibility index (Phi) is 10.1. The van der Waals surface area contributed by atoms with Crippen LogP contribution in [0, 0.1) is 17.5 Å². The first kappa shape index (κ1) is 26.1. The molecule has 4 rings (SSSR count). The summed E-state index contributed by atoms with van der Waals surface area (Å²) in [6.45, 7) is 2.02. The first-order valence-electron chi connectivity index (χ1n) is 9.66. The van der Waals surface area contributed by atoms with Crippen LogP contribution in [0.3, 0.4) is 0 Å². The van der Waals surface area contributed by atoms with Gasteiger partial charge in [0.25, 0.3) is 0 Å². The van der Waals surface area contributed by atoms with E-state index in [4.69, 9.17) is 14.6 Å². The molecule has 8 nitrogen and oxygen atoms in total. The molecule has 1 N–H and O–H groups in total. The summed E-state index contributed by atoms with van der Waals surface area (Å²) in [6, 6.07) is 6.80. The molecule has 2 fully saturated rings. The van der Waals surface area contributed by atoms with Gasteiger partial charge in [0.05, 0.1) is 51.8 Å². The zero-order valence-electron chi connectivity index (χ0n) is 17.9. The molecule has 2 saturated heterocycles. The number of carbonyl (C=O) groups is 2. The van der Waals surface area contributed by atoms with Gasteiger partial charge in [-0.3, -0.25) is 0 Å². The number of benzene rings is 2. The van der Waals surface area contributed by atoms with E-state index in [0.29, 0.717) is 26.4 Å². The predicted molar refractivity (Wildman–Crippen MR) is 107 cm³/mol. The van der Waals surface area contributed by atoms with Crippen LogP contribution in [0.1, 0.15) is 20.7 Å². The molecule has 2 aromatic carbocycles. The summed E-state index contributed by atoms with van der Waals surface area (Å²) >= 11 is 0. The number of hydrogen-bond acceptors (Lipinski definition) is 8. The van der Waals surface area contributed by atoms with Crippen molar-refractivity contribution in [3.05, 3.63) is 65.0 Å². The van der Waals surface area contributed by atoms with Crippen molar-refractivity contribution < 1.29 is 51.6 Å². The second-order valence-electron chi connectivity index (χ2n) is 6.73. The van der Waals surface area contributed by atoms with Crippen molar-refractivity contribution in [2.45, 2.75) is 12.2 Å². The lowest BCUT2D eigenvalue weighted by Gasteiger charge is -2.26. The molecule has 2 aliphatic heterocycles. The first-order chi connectivity index (χ1) is 15.7. The smallest absolute Gasteiger partial charge is 0.337 e. The Morgan fingerprint density at radius 3 is 1.67 bits per heavy atom. The van der Waals surface area contributed by atoms with Crippen molar-refractivity contribution in [2.24, 2.45) is 0 Å². The molecule has 0 saturated carbocycles. The third-order valence-electron chi connectivity index (χ3n) is 4.22. The van der Waals surface area contributed by atoms with Gasteiger partial charge in [-0.05, 0) is 36.4 Å². The molecule has 0 atom stereocenters. The maximum atomic E-state index is 13.5. The summed E-state index contributed by atoms with van der Waals surface area (Å²) in [5.41, 5.74) is 0.161. The molecular formula is C22H23F3O8. The largest absolute Gasteiger partial charge is 0.483 e. The van der Waals surface area contributed by atoms with Crippen molar-refractivity contribution in [2.75, 3.05) is 40.6 Å². The monoisotopic (exact) mass is 472 g/mol. The van der Waals surface area contributed by atoms with E-state index in [0.717, 1.165) is 24.3 Å². The second kappa shape index (κ2) is 12.8. The van der Waals surface area contributed by atoms with E-state index in [2.05, 4.69) is 14.2 Å². The molecule has 0 bridgehead atoms. The fourth-order valence-corrected chi connectivity index (χ4v) is 2.27. The molecule has 2 aliphatic rings. The molecule has 2 aromatic rings. The standard InChI is InChI=1S/C11H11FO4.C8H6F2O2.C3H6O2/c1-14-11(13)7-2-3-10(9(12)4-7)16-8-5-15-6-8;1-12-8(11)5-2-3-6(9)7(10)4-5;4-3-1-5-2-3/h2-4,8H,5-6H2,1H3;2-4H,1H3;3-4H,1-2H2. The molecule has 0 aromatic heterocycles. The molecule has 0 radical (unpaired) electrons. The van der Waals surface area contributed by atoms with Gasteiger partial charge >= 0.3 is 11.9 Å². The van der Waals surface area contributed by atoms with Gasteiger partial charge in [-0.25, -0.2) is 22.8 Å². The van der Waals surface area contributed by atoms with Crippen molar-refractivity contribution in [3.63, 3.8) is 0 Å². The van der Waals surface area contributed by atoms with E-state index in [-0.39, 0.29) is 29.1 Å². The second-order valence-corrected chi connectivity index (χ2v) is 6.73. The van der Waals surface area contributed by atoms with Gasteiger partial charge in [-0.15, -0.1) is 0 Å². The molecule has 0 spiro atoms. The average molecular weight is 472 g/mol. The van der Waals surface area contributed by atoms with Crippen molar-refractivity contribution in [1.82, 2.24) is 0 Å². The Labute approximate surface area is 187 Å². The van der Waals surface area contributed by atoms with E-state index < -0.39 is 29.4 Å². The zero-order valence-corrected chi connectivity index (χ0v) is 17.9. The van der Waals surface area contributed by atoms with Gasteiger partial charge in [0.15, 0.2) is 23.2 Å². The van der Waals surface area contributed by atoms with Gasteiger partial charge in [0, 0.05) is 0 Å². The van der Waals surface area contributed by atoms with Crippen LogP contribution >= 0.6 is 0 Å². The van der Waals surface area contributed by atoms with Crippen molar-refractivity contribution >= 4 is 11.9 Å². The lowest BCUT2D eigenvalue weighted by Crippen LogP contribution is -2.38. The lowest BCUT2D eigenvalue weighted by molar-refractivity contribution is -0.0936. The number of methoxy groups -OCH3 is 2. The highest BCUT2D eigenvalue weighted by atomic mass is 19.2. The molecule has 0 aliphatic carbocycles. The number of aliphatic hydroxyl groups is 1. The van der Waals surface area contributed by atoms with Crippen LogP contribution in [0.4, 0.5) is 13.2 Å². The molecule has 11 heteroatoms. The lowest BCUT2D eigenvalue weighted by atomic mass is 10.2. The molecule has 2 heterocycles. The average Bonchev–Trinajstić information content (AvgIpc) is 2.77. The van der Waals surface area contributed by atoms with Crippen LogP contribution in [0.15, 0.2) is 36.4 Å². The fraction of sp³-hybridized carbons (Fsp3) is 0.364. The van der Waals surface area contributed by atoms with Crippen molar-refractivity contribution in [1.29, 1.82) is 0 Å². The Morgan fingerprint density at radius 2 is 1.30 bits per heavy atom. The minimum atomic E-state index is -1.06. The number of carbonyl (C=O) groups excluding carboxylic acids is 2. The van der Waals surface area contributed by atoms with Gasteiger partial charge in [-0.1, -0.05) is 0 Å². The molecule has 0 amide bonds. The summed E-state index contributed by atoms with van der Waals surface area (Å²) in [7, 11) is 2.42. The van der Waals surface area contributed by atoms with Crippen LogP contribution in [0.5, 0.6) is 5.75 Å². The molecule has 0 unspecified atom stereocenters. The molecule has 180 valence electrons. The Hall–Kier alpha value is -3.15. The van der Waals surface area contributed by atoms with Crippen LogP contribution in [-0.2, 0) is 18.9 Å². The van der Waals surface area contributed by atoms with Crippen LogP contribution in [0.2, 0.25) is 0 Å². The number of ether oxygens (including phenoxy) is 5. The Morgan fingerprint density at radius 1 is 0.818 bits per heavy atom.